The molecule has 2 aromatic carbocycles. The maximum atomic E-state index is 4.71. The third kappa shape index (κ3) is 3.95. The highest BCUT2D eigenvalue weighted by molar-refractivity contribution is 5.91. The molecular weight excluding hydrogens is 342 g/mol. The van der Waals surface area contributed by atoms with Crippen LogP contribution in [0, 0.1) is 6.92 Å². The van der Waals surface area contributed by atoms with E-state index in [0.29, 0.717) is 6.04 Å². The fourth-order valence-electron chi connectivity index (χ4n) is 4.44. The second kappa shape index (κ2) is 8.57. The number of likely N-dealkylation sites (tertiary alicyclic amines) is 1. The lowest BCUT2D eigenvalue weighted by molar-refractivity contribution is 0.147. The molecule has 0 spiro atoms. The minimum absolute atomic E-state index is 0.228. The van der Waals surface area contributed by atoms with Crippen LogP contribution in [0.1, 0.15) is 36.6 Å². The van der Waals surface area contributed by atoms with Gasteiger partial charge in [-0.25, -0.2) is 0 Å². The van der Waals surface area contributed by atoms with Gasteiger partial charge in [0.2, 0.25) is 0 Å². The standard InChI is InChI=1S/C25H29N3/c1-3-16-28-17-10-9-15-24(28)25(20-11-5-4-6-12-20)27-23-18-19(2)26-22-14-8-7-13-21(22)23/h3-8,11-14,18,24-25H,1,9-10,15-17H2,2H3,(H,26,27)/t24?,25-/m0/s1. The molecule has 4 rings (SSSR count). The van der Waals surface area contributed by atoms with Crippen LogP contribution < -0.4 is 5.32 Å². The Labute approximate surface area is 168 Å². The minimum Gasteiger partial charge on any atom is -0.376 e. The number of aryl methyl sites for hydroxylation is 1. The summed E-state index contributed by atoms with van der Waals surface area (Å²) in [6.07, 6.45) is 5.78. The van der Waals surface area contributed by atoms with Gasteiger partial charge in [0.15, 0.2) is 0 Å². The molecule has 0 bridgehead atoms. The minimum atomic E-state index is 0.228. The Morgan fingerprint density at radius 2 is 1.93 bits per heavy atom. The highest BCUT2D eigenvalue weighted by Crippen LogP contribution is 2.34. The molecule has 1 fully saturated rings. The molecule has 1 unspecified atom stereocenters. The van der Waals surface area contributed by atoms with Gasteiger partial charge in [-0.1, -0.05) is 61.0 Å². The number of nitrogens with zero attached hydrogens (tertiary/aromatic N) is 2. The summed E-state index contributed by atoms with van der Waals surface area (Å²) in [5.41, 5.74) is 4.59. The van der Waals surface area contributed by atoms with Gasteiger partial charge >= 0.3 is 0 Å². The number of pyridine rings is 1. The molecule has 0 radical (unpaired) electrons. The van der Waals surface area contributed by atoms with Crippen LogP contribution in [0.15, 0.2) is 73.3 Å². The monoisotopic (exact) mass is 371 g/mol. The Bertz CT molecular complexity index is 935. The first-order valence-corrected chi connectivity index (χ1v) is 10.3. The molecule has 1 saturated heterocycles. The Morgan fingerprint density at radius 3 is 2.75 bits per heavy atom. The molecule has 3 heteroatoms. The Hall–Kier alpha value is -2.65. The molecule has 1 N–H and O–H groups in total. The number of hydrogen-bond acceptors (Lipinski definition) is 3. The average Bonchev–Trinajstić information content (AvgIpc) is 2.73. The zero-order valence-corrected chi connectivity index (χ0v) is 16.6. The number of rotatable bonds is 6. The van der Waals surface area contributed by atoms with Gasteiger partial charge in [-0.05, 0) is 44.0 Å². The van der Waals surface area contributed by atoms with Crippen LogP contribution in [0.2, 0.25) is 0 Å². The predicted octanol–water partition coefficient (Wildman–Crippen LogP) is 5.74. The second-order valence-corrected chi connectivity index (χ2v) is 7.71. The van der Waals surface area contributed by atoms with Crippen molar-refractivity contribution < 1.29 is 0 Å². The Balaban J connectivity index is 1.76. The van der Waals surface area contributed by atoms with E-state index in [1.165, 1.54) is 35.9 Å². The molecule has 144 valence electrons. The maximum Gasteiger partial charge on any atom is 0.0725 e. The average molecular weight is 372 g/mol. The molecule has 1 aliphatic heterocycles. The smallest absolute Gasteiger partial charge is 0.0725 e. The van der Waals surface area contributed by atoms with Gasteiger partial charge in [-0.15, -0.1) is 6.58 Å². The van der Waals surface area contributed by atoms with Crippen LogP contribution in [0.25, 0.3) is 10.9 Å². The summed E-state index contributed by atoms with van der Waals surface area (Å²) in [6, 6.07) is 22.1. The topological polar surface area (TPSA) is 28.2 Å². The summed E-state index contributed by atoms with van der Waals surface area (Å²) in [7, 11) is 0. The summed E-state index contributed by atoms with van der Waals surface area (Å²) in [4.78, 5) is 7.29. The van der Waals surface area contributed by atoms with E-state index in [4.69, 9.17) is 4.98 Å². The van der Waals surface area contributed by atoms with Crippen molar-refractivity contribution in [3.05, 3.63) is 84.6 Å². The quantitative estimate of drug-likeness (QED) is 0.560. The van der Waals surface area contributed by atoms with E-state index >= 15 is 0 Å². The first kappa shape index (κ1) is 18.7. The zero-order valence-electron chi connectivity index (χ0n) is 16.6. The van der Waals surface area contributed by atoms with E-state index in [1.54, 1.807) is 0 Å². The molecule has 1 aromatic heterocycles. The van der Waals surface area contributed by atoms with Crippen LogP contribution >= 0.6 is 0 Å². The largest absolute Gasteiger partial charge is 0.376 e. The van der Waals surface area contributed by atoms with E-state index in [-0.39, 0.29) is 6.04 Å². The van der Waals surface area contributed by atoms with E-state index < -0.39 is 0 Å². The lowest BCUT2D eigenvalue weighted by atomic mass is 9.90. The fourth-order valence-corrected chi connectivity index (χ4v) is 4.44. The van der Waals surface area contributed by atoms with Crippen molar-refractivity contribution in [2.24, 2.45) is 0 Å². The lowest BCUT2D eigenvalue weighted by Crippen LogP contribution is -2.45. The SMILES string of the molecule is C=CCN1CCCCC1[C@@H](Nc1cc(C)nc2ccccc12)c1ccccc1. The second-order valence-electron chi connectivity index (χ2n) is 7.71. The molecule has 0 aliphatic carbocycles. The number of piperidine rings is 1. The van der Waals surface area contributed by atoms with Gasteiger partial charge in [-0.2, -0.15) is 0 Å². The summed E-state index contributed by atoms with van der Waals surface area (Å²) in [5.74, 6) is 0. The third-order valence-corrected chi connectivity index (χ3v) is 5.73. The van der Waals surface area contributed by atoms with Gasteiger partial charge in [0, 0.05) is 29.4 Å². The summed E-state index contributed by atoms with van der Waals surface area (Å²) in [5, 5.41) is 5.10. The number of benzene rings is 2. The van der Waals surface area contributed by atoms with Crippen LogP contribution in [-0.4, -0.2) is 29.0 Å². The third-order valence-electron chi connectivity index (χ3n) is 5.73. The number of fused-ring (bicyclic) bond motifs is 1. The Kier molecular flexibility index (Phi) is 5.73. The lowest BCUT2D eigenvalue weighted by Gasteiger charge is -2.41. The number of anilines is 1. The molecule has 2 heterocycles. The fraction of sp³-hybridized carbons (Fsp3) is 0.320. The van der Waals surface area contributed by atoms with E-state index in [2.05, 4.69) is 84.4 Å². The first-order chi connectivity index (χ1) is 13.8. The molecular formula is C25H29N3. The Morgan fingerprint density at radius 1 is 1.14 bits per heavy atom. The molecule has 0 saturated carbocycles. The molecule has 3 nitrogen and oxygen atoms in total. The van der Waals surface area contributed by atoms with Crippen molar-refractivity contribution in [3.63, 3.8) is 0 Å². The summed E-state index contributed by atoms with van der Waals surface area (Å²) < 4.78 is 0. The van der Waals surface area contributed by atoms with Crippen molar-refractivity contribution in [2.75, 3.05) is 18.4 Å². The normalized spacial score (nSPS) is 18.7. The van der Waals surface area contributed by atoms with Crippen molar-refractivity contribution in [2.45, 2.75) is 38.3 Å². The van der Waals surface area contributed by atoms with Crippen molar-refractivity contribution >= 4 is 16.6 Å². The molecule has 2 atom stereocenters. The van der Waals surface area contributed by atoms with E-state index in [0.717, 1.165) is 24.3 Å². The van der Waals surface area contributed by atoms with Crippen LogP contribution in [-0.2, 0) is 0 Å². The van der Waals surface area contributed by atoms with Crippen LogP contribution in [0.3, 0.4) is 0 Å². The maximum absolute atomic E-state index is 4.71. The van der Waals surface area contributed by atoms with Crippen molar-refractivity contribution in [1.29, 1.82) is 0 Å². The van der Waals surface area contributed by atoms with Gasteiger partial charge in [0.25, 0.3) is 0 Å². The summed E-state index contributed by atoms with van der Waals surface area (Å²) in [6.45, 7) is 8.13. The number of nitrogens with one attached hydrogen (secondary N) is 1. The van der Waals surface area contributed by atoms with Crippen molar-refractivity contribution in [1.82, 2.24) is 9.88 Å². The highest BCUT2D eigenvalue weighted by Gasteiger charge is 2.30. The summed E-state index contributed by atoms with van der Waals surface area (Å²) >= 11 is 0. The van der Waals surface area contributed by atoms with Crippen molar-refractivity contribution in [3.8, 4) is 0 Å². The van der Waals surface area contributed by atoms with Gasteiger partial charge in [0.05, 0.1) is 11.6 Å². The van der Waals surface area contributed by atoms with Crippen LogP contribution in [0.5, 0.6) is 0 Å². The van der Waals surface area contributed by atoms with Gasteiger partial charge < -0.3 is 5.32 Å². The molecule has 0 amide bonds. The first-order valence-electron chi connectivity index (χ1n) is 10.3. The van der Waals surface area contributed by atoms with Gasteiger partial charge in [0.1, 0.15) is 0 Å². The highest BCUT2D eigenvalue weighted by atomic mass is 15.2. The number of para-hydroxylation sites is 1. The molecule has 28 heavy (non-hydrogen) atoms. The molecule has 3 aromatic rings. The zero-order chi connectivity index (χ0) is 19.3. The number of hydrogen-bond donors (Lipinski definition) is 1. The molecule has 1 aliphatic rings. The van der Waals surface area contributed by atoms with E-state index in [1.807, 2.05) is 6.08 Å². The van der Waals surface area contributed by atoms with Gasteiger partial charge in [-0.3, -0.25) is 9.88 Å². The number of aromatic nitrogens is 1. The predicted molar refractivity (Wildman–Crippen MR) is 119 cm³/mol. The van der Waals surface area contributed by atoms with E-state index in [9.17, 15) is 0 Å². The van der Waals surface area contributed by atoms with Crippen LogP contribution in [0.4, 0.5) is 5.69 Å².